The Morgan fingerprint density at radius 1 is 1.41 bits per heavy atom. The van der Waals surface area contributed by atoms with Crippen molar-refractivity contribution in [2.75, 3.05) is 18.5 Å². The number of hydrogen-bond acceptors (Lipinski definition) is 2. The fraction of sp³-hybridized carbons (Fsp3) is 0.571. The summed E-state index contributed by atoms with van der Waals surface area (Å²) in [5.74, 6) is 0.762. The summed E-state index contributed by atoms with van der Waals surface area (Å²) in [4.78, 5) is 2.43. The van der Waals surface area contributed by atoms with Crippen LogP contribution in [-0.4, -0.2) is 19.6 Å². The van der Waals surface area contributed by atoms with Gasteiger partial charge in [0.2, 0.25) is 0 Å². The van der Waals surface area contributed by atoms with Gasteiger partial charge >= 0.3 is 0 Å². The minimum atomic E-state index is 0.595. The van der Waals surface area contributed by atoms with E-state index in [1.807, 2.05) is 7.05 Å². The van der Waals surface area contributed by atoms with E-state index in [2.05, 4.69) is 42.3 Å². The molecule has 1 aliphatic rings. The van der Waals surface area contributed by atoms with Gasteiger partial charge in [0.15, 0.2) is 0 Å². The van der Waals surface area contributed by atoms with Crippen LogP contribution in [0.3, 0.4) is 0 Å². The lowest BCUT2D eigenvalue weighted by molar-refractivity contribution is 0.625. The van der Waals surface area contributed by atoms with Crippen molar-refractivity contribution in [2.45, 2.75) is 32.9 Å². The van der Waals surface area contributed by atoms with Gasteiger partial charge in [-0.2, -0.15) is 0 Å². The van der Waals surface area contributed by atoms with Crippen LogP contribution in [-0.2, 0) is 6.54 Å². The van der Waals surface area contributed by atoms with Crippen LogP contribution in [0.25, 0.3) is 0 Å². The van der Waals surface area contributed by atoms with Gasteiger partial charge in [0.25, 0.3) is 0 Å². The SMILES string of the molecule is CNCc1ccc(N2CC(C)CC2C)c(Cl)c1. The molecule has 1 N–H and O–H groups in total. The van der Waals surface area contributed by atoms with Crippen LogP contribution in [0.5, 0.6) is 0 Å². The van der Waals surface area contributed by atoms with Crippen molar-refractivity contribution in [2.24, 2.45) is 5.92 Å². The highest BCUT2D eigenvalue weighted by Gasteiger charge is 2.27. The van der Waals surface area contributed by atoms with Gasteiger partial charge in [-0.1, -0.05) is 24.6 Å². The molecule has 2 atom stereocenters. The molecule has 94 valence electrons. The molecule has 1 saturated heterocycles. The van der Waals surface area contributed by atoms with E-state index in [0.717, 1.165) is 24.0 Å². The van der Waals surface area contributed by atoms with Crippen molar-refractivity contribution >= 4 is 17.3 Å². The number of halogens is 1. The molecule has 0 aromatic heterocycles. The monoisotopic (exact) mass is 252 g/mol. The van der Waals surface area contributed by atoms with Crippen molar-refractivity contribution < 1.29 is 0 Å². The Morgan fingerprint density at radius 3 is 2.71 bits per heavy atom. The normalized spacial score (nSPS) is 24.4. The van der Waals surface area contributed by atoms with E-state index < -0.39 is 0 Å². The summed E-state index contributed by atoms with van der Waals surface area (Å²) >= 11 is 6.39. The molecule has 2 unspecified atom stereocenters. The van der Waals surface area contributed by atoms with Gasteiger partial charge in [-0.15, -0.1) is 0 Å². The molecular formula is C14H21ClN2. The maximum Gasteiger partial charge on any atom is 0.0642 e. The quantitative estimate of drug-likeness (QED) is 0.888. The van der Waals surface area contributed by atoms with Gasteiger partial charge in [0.05, 0.1) is 10.7 Å². The smallest absolute Gasteiger partial charge is 0.0642 e. The number of rotatable bonds is 3. The molecule has 2 nitrogen and oxygen atoms in total. The first kappa shape index (κ1) is 12.7. The van der Waals surface area contributed by atoms with E-state index >= 15 is 0 Å². The van der Waals surface area contributed by atoms with Crippen LogP contribution in [0.15, 0.2) is 18.2 Å². The average molecular weight is 253 g/mol. The van der Waals surface area contributed by atoms with Crippen LogP contribution in [0, 0.1) is 5.92 Å². The third-order valence-corrected chi connectivity index (χ3v) is 3.79. The molecule has 2 rings (SSSR count). The van der Waals surface area contributed by atoms with E-state index in [9.17, 15) is 0 Å². The molecule has 1 heterocycles. The predicted octanol–water partition coefficient (Wildman–Crippen LogP) is 3.29. The average Bonchev–Trinajstić information content (AvgIpc) is 2.58. The second-order valence-electron chi connectivity index (χ2n) is 5.16. The lowest BCUT2D eigenvalue weighted by Gasteiger charge is -2.25. The summed E-state index contributed by atoms with van der Waals surface area (Å²) < 4.78 is 0. The number of nitrogens with one attached hydrogen (secondary N) is 1. The molecule has 0 amide bonds. The maximum absolute atomic E-state index is 6.39. The molecule has 1 aromatic rings. The van der Waals surface area contributed by atoms with Crippen molar-refractivity contribution in [3.05, 3.63) is 28.8 Å². The maximum atomic E-state index is 6.39. The molecule has 0 spiro atoms. The third-order valence-electron chi connectivity index (χ3n) is 3.49. The highest BCUT2D eigenvalue weighted by molar-refractivity contribution is 6.33. The standard InChI is InChI=1S/C14H21ClN2/c1-10-6-11(2)17(9-10)14-5-4-12(8-16-3)7-13(14)15/h4-5,7,10-11,16H,6,8-9H2,1-3H3. The first-order valence-electron chi connectivity index (χ1n) is 6.31. The Bertz CT molecular complexity index is 392. The summed E-state index contributed by atoms with van der Waals surface area (Å²) in [6.45, 7) is 6.57. The Labute approximate surface area is 109 Å². The lowest BCUT2D eigenvalue weighted by Crippen LogP contribution is -2.26. The molecule has 1 aliphatic heterocycles. The van der Waals surface area contributed by atoms with Gasteiger partial charge in [0.1, 0.15) is 0 Å². The van der Waals surface area contributed by atoms with Gasteiger partial charge in [-0.25, -0.2) is 0 Å². The van der Waals surface area contributed by atoms with Crippen LogP contribution in [0.4, 0.5) is 5.69 Å². The Hall–Kier alpha value is -0.730. The van der Waals surface area contributed by atoms with E-state index in [0.29, 0.717) is 6.04 Å². The predicted molar refractivity (Wildman–Crippen MR) is 74.8 cm³/mol. The van der Waals surface area contributed by atoms with E-state index in [1.165, 1.54) is 17.7 Å². The summed E-state index contributed by atoms with van der Waals surface area (Å²) in [5, 5.41) is 4.02. The van der Waals surface area contributed by atoms with Crippen molar-refractivity contribution in [1.82, 2.24) is 5.32 Å². The molecular weight excluding hydrogens is 232 g/mol. The number of anilines is 1. The Kier molecular flexibility index (Phi) is 3.95. The summed E-state index contributed by atoms with van der Waals surface area (Å²) in [7, 11) is 1.95. The third kappa shape index (κ3) is 2.75. The molecule has 17 heavy (non-hydrogen) atoms. The van der Waals surface area contributed by atoms with Gasteiger partial charge in [-0.3, -0.25) is 0 Å². The first-order valence-corrected chi connectivity index (χ1v) is 6.69. The zero-order valence-electron chi connectivity index (χ0n) is 10.8. The molecule has 0 bridgehead atoms. The number of hydrogen-bond donors (Lipinski definition) is 1. The van der Waals surface area contributed by atoms with Gasteiger partial charge < -0.3 is 10.2 Å². The zero-order valence-corrected chi connectivity index (χ0v) is 11.6. The van der Waals surface area contributed by atoms with E-state index in [4.69, 9.17) is 11.6 Å². The fourth-order valence-corrected chi connectivity index (χ4v) is 3.04. The molecule has 0 aliphatic carbocycles. The van der Waals surface area contributed by atoms with Crippen molar-refractivity contribution in [1.29, 1.82) is 0 Å². The topological polar surface area (TPSA) is 15.3 Å². The molecule has 0 saturated carbocycles. The second-order valence-corrected chi connectivity index (χ2v) is 5.57. The van der Waals surface area contributed by atoms with Crippen LogP contribution in [0.2, 0.25) is 5.02 Å². The minimum Gasteiger partial charge on any atom is -0.367 e. The minimum absolute atomic E-state index is 0.595. The Balaban J connectivity index is 2.21. The summed E-state index contributed by atoms with van der Waals surface area (Å²) in [5.41, 5.74) is 2.42. The molecule has 3 heteroatoms. The van der Waals surface area contributed by atoms with E-state index in [1.54, 1.807) is 0 Å². The van der Waals surface area contributed by atoms with Crippen LogP contribution >= 0.6 is 11.6 Å². The highest BCUT2D eigenvalue weighted by Crippen LogP contribution is 2.34. The zero-order chi connectivity index (χ0) is 12.4. The van der Waals surface area contributed by atoms with Gasteiger partial charge in [-0.05, 0) is 44.0 Å². The summed E-state index contributed by atoms with van der Waals surface area (Å²) in [6, 6.07) is 6.98. The molecule has 1 fully saturated rings. The van der Waals surface area contributed by atoms with Crippen molar-refractivity contribution in [3.63, 3.8) is 0 Å². The lowest BCUT2D eigenvalue weighted by atomic mass is 10.1. The molecule has 0 radical (unpaired) electrons. The van der Waals surface area contributed by atoms with Crippen LogP contribution < -0.4 is 10.2 Å². The van der Waals surface area contributed by atoms with Crippen LogP contribution in [0.1, 0.15) is 25.8 Å². The van der Waals surface area contributed by atoms with Crippen molar-refractivity contribution in [3.8, 4) is 0 Å². The second kappa shape index (κ2) is 5.28. The van der Waals surface area contributed by atoms with E-state index in [-0.39, 0.29) is 0 Å². The number of benzene rings is 1. The highest BCUT2D eigenvalue weighted by atomic mass is 35.5. The first-order chi connectivity index (χ1) is 8.11. The summed E-state index contributed by atoms with van der Waals surface area (Å²) in [6.07, 6.45) is 1.26. The Morgan fingerprint density at radius 2 is 2.18 bits per heavy atom. The fourth-order valence-electron chi connectivity index (χ4n) is 2.73. The molecule has 1 aromatic carbocycles. The largest absolute Gasteiger partial charge is 0.367 e. The number of nitrogens with zero attached hydrogens (tertiary/aromatic N) is 1. The van der Waals surface area contributed by atoms with Gasteiger partial charge in [0, 0.05) is 19.1 Å².